The van der Waals surface area contributed by atoms with Gasteiger partial charge in [-0.25, -0.2) is 15.0 Å². The molecule has 0 radical (unpaired) electrons. The molecular formula is C36H57N9O. The minimum Gasteiger partial charge on any atom is -0.488 e. The molecule has 0 aromatic carbocycles. The second-order valence-electron chi connectivity index (χ2n) is 8.80. The van der Waals surface area contributed by atoms with E-state index in [0.29, 0.717) is 0 Å². The lowest BCUT2D eigenvalue weighted by atomic mass is 10.2. The summed E-state index contributed by atoms with van der Waals surface area (Å²) in [6.45, 7) is 22.6. The molecule has 0 fully saturated rings. The molecule has 0 bridgehead atoms. The molecule has 0 spiro atoms. The van der Waals surface area contributed by atoms with E-state index in [1.807, 2.05) is 110 Å². The third-order valence-corrected chi connectivity index (χ3v) is 6.14. The number of rotatable bonds is 0. The number of guanidine groups is 1. The average molecular weight is 632 g/mol. The minimum atomic E-state index is 0.735. The van der Waals surface area contributed by atoms with Crippen molar-refractivity contribution in [1.82, 2.24) is 19.8 Å². The Morgan fingerprint density at radius 3 is 2.15 bits per heavy atom. The maximum atomic E-state index is 5.30. The second kappa shape index (κ2) is 25.8. The van der Waals surface area contributed by atoms with Gasteiger partial charge in [0.15, 0.2) is 11.6 Å². The van der Waals surface area contributed by atoms with Crippen LogP contribution in [0, 0.1) is 0 Å². The zero-order valence-electron chi connectivity index (χ0n) is 29.4. The van der Waals surface area contributed by atoms with Crippen LogP contribution in [0.5, 0.6) is 5.75 Å². The average Bonchev–Trinajstić information content (AvgIpc) is 3.86. The van der Waals surface area contributed by atoms with Crippen LogP contribution in [0.15, 0.2) is 88.3 Å². The van der Waals surface area contributed by atoms with E-state index < -0.39 is 0 Å². The van der Waals surface area contributed by atoms with E-state index in [9.17, 15) is 0 Å². The maximum absolute atomic E-state index is 5.30. The highest BCUT2D eigenvalue weighted by Crippen LogP contribution is 2.22. The van der Waals surface area contributed by atoms with Crippen LogP contribution in [-0.2, 0) is 6.42 Å². The summed E-state index contributed by atoms with van der Waals surface area (Å²) in [5.74, 6) is 4.76. The Morgan fingerprint density at radius 2 is 1.43 bits per heavy atom. The van der Waals surface area contributed by atoms with Crippen LogP contribution in [0.4, 0.5) is 11.6 Å². The summed E-state index contributed by atoms with van der Waals surface area (Å²) in [4.78, 5) is 25.1. The molecular weight excluding hydrogens is 574 g/mol. The summed E-state index contributed by atoms with van der Waals surface area (Å²) < 4.78 is 5.30. The Morgan fingerprint density at radius 1 is 0.717 bits per heavy atom. The third-order valence-electron chi connectivity index (χ3n) is 6.14. The summed E-state index contributed by atoms with van der Waals surface area (Å²) in [6.07, 6.45) is 19.7. The normalized spacial score (nSPS) is 15.8. The molecule has 2 aromatic heterocycles. The van der Waals surface area contributed by atoms with E-state index in [1.165, 1.54) is 5.56 Å². The van der Waals surface area contributed by atoms with Gasteiger partial charge in [-0.2, -0.15) is 0 Å². The molecule has 6 aliphatic heterocycles. The molecule has 10 heteroatoms. The molecule has 0 unspecified atom stereocenters. The van der Waals surface area contributed by atoms with Gasteiger partial charge in [-0.15, -0.1) is 0 Å². The molecule has 8 heterocycles. The maximum Gasteiger partial charge on any atom is 0.224 e. The highest BCUT2D eigenvalue weighted by Gasteiger charge is 2.13. The molecule has 0 aliphatic carbocycles. The van der Waals surface area contributed by atoms with Crippen molar-refractivity contribution in [3.8, 4) is 5.75 Å². The van der Waals surface area contributed by atoms with Gasteiger partial charge >= 0.3 is 0 Å². The van der Waals surface area contributed by atoms with Crippen molar-refractivity contribution in [2.75, 3.05) is 56.5 Å². The number of amidine groups is 1. The van der Waals surface area contributed by atoms with Crippen LogP contribution in [0.25, 0.3) is 0 Å². The second-order valence-corrected chi connectivity index (χ2v) is 8.80. The molecule has 2 N–H and O–H groups in total. The topological polar surface area (TPSA) is 103 Å². The number of fused-ring (bicyclic) bond motifs is 4. The van der Waals surface area contributed by atoms with Crippen molar-refractivity contribution >= 4 is 29.6 Å². The van der Waals surface area contributed by atoms with Gasteiger partial charge in [-0.3, -0.25) is 9.98 Å². The number of nitrogens with zero attached hydrogens (tertiary/aromatic N) is 7. The van der Waals surface area contributed by atoms with Gasteiger partial charge in [0, 0.05) is 57.2 Å². The molecule has 0 saturated heterocycles. The minimum absolute atomic E-state index is 0.735. The van der Waals surface area contributed by atoms with Gasteiger partial charge in [0.1, 0.15) is 18.3 Å². The predicted octanol–water partition coefficient (Wildman–Crippen LogP) is 7.47. The number of hydrogen-bond acceptors (Lipinski definition) is 10. The van der Waals surface area contributed by atoms with E-state index in [-0.39, 0.29) is 0 Å². The predicted molar refractivity (Wildman–Crippen MR) is 199 cm³/mol. The lowest BCUT2D eigenvalue weighted by Crippen LogP contribution is -2.31. The Labute approximate surface area is 278 Å². The van der Waals surface area contributed by atoms with Crippen molar-refractivity contribution < 1.29 is 4.74 Å². The van der Waals surface area contributed by atoms with Crippen LogP contribution in [0.1, 0.15) is 67.4 Å². The number of anilines is 2. The van der Waals surface area contributed by atoms with Gasteiger partial charge < -0.3 is 25.2 Å². The lowest BCUT2D eigenvalue weighted by molar-refractivity contribution is 0.321. The number of pyridine rings is 2. The molecule has 46 heavy (non-hydrogen) atoms. The fourth-order valence-electron chi connectivity index (χ4n) is 4.28. The van der Waals surface area contributed by atoms with Gasteiger partial charge in [0.2, 0.25) is 5.96 Å². The summed E-state index contributed by atoms with van der Waals surface area (Å²) in [5, 5.41) is 6.32. The zero-order chi connectivity index (χ0) is 33.8. The molecule has 10 nitrogen and oxygen atoms in total. The smallest absolute Gasteiger partial charge is 0.224 e. The molecule has 0 saturated carbocycles. The summed E-state index contributed by atoms with van der Waals surface area (Å²) in [7, 11) is 0. The van der Waals surface area contributed by atoms with Crippen molar-refractivity contribution in [2.45, 2.75) is 68.2 Å². The van der Waals surface area contributed by atoms with E-state index in [1.54, 1.807) is 12.4 Å². The third kappa shape index (κ3) is 13.7. The summed E-state index contributed by atoms with van der Waals surface area (Å²) in [6, 6.07) is 7.87. The van der Waals surface area contributed by atoms with E-state index in [2.05, 4.69) is 57.6 Å². The van der Waals surface area contributed by atoms with Crippen molar-refractivity contribution in [1.29, 1.82) is 0 Å². The summed E-state index contributed by atoms with van der Waals surface area (Å²) >= 11 is 0. The number of ether oxygens (including phenoxy) is 1. The molecule has 0 amide bonds. The molecule has 2 aromatic rings. The Bertz CT molecular complexity index is 1220. The Balaban J connectivity index is 0.000000286. The van der Waals surface area contributed by atoms with Crippen LogP contribution >= 0.6 is 0 Å². The van der Waals surface area contributed by atoms with Gasteiger partial charge in [-0.05, 0) is 54.8 Å². The van der Waals surface area contributed by atoms with Gasteiger partial charge in [-0.1, -0.05) is 67.5 Å². The fraction of sp³-hybridized carbons (Fsp3) is 0.472. The Hall–Kier alpha value is -4.47. The van der Waals surface area contributed by atoms with E-state index >= 15 is 0 Å². The molecule has 6 aliphatic rings. The first-order valence-corrected chi connectivity index (χ1v) is 17.0. The van der Waals surface area contributed by atoms with Crippen molar-refractivity contribution in [3.63, 3.8) is 0 Å². The SMILES string of the molecule is C1=CC2=NCCN2C=C1.C1=CN2CCCN=C2N=C1.CC.CC.CC.CC.c1cnc2c(c1)CCN2.c1cnc2c(c1)OCCN2. The fourth-order valence-corrected chi connectivity index (χ4v) is 4.28. The quantitative estimate of drug-likeness (QED) is 0.311. The van der Waals surface area contributed by atoms with E-state index in [4.69, 9.17) is 4.74 Å². The molecule has 8 rings (SSSR count). The highest BCUT2D eigenvalue weighted by molar-refractivity contribution is 5.96. The zero-order valence-corrected chi connectivity index (χ0v) is 29.4. The number of allylic oxidation sites excluding steroid dienone is 3. The lowest BCUT2D eigenvalue weighted by Gasteiger charge is -2.24. The summed E-state index contributed by atoms with van der Waals surface area (Å²) in [5.41, 5.74) is 1.34. The first kappa shape index (κ1) is 39.6. The standard InChI is InChI=1S/C7H9N3.C7H8N2O.2C7H8N2.4C2H6/c1-3-8-7-9-4-2-6-10(7)5-1;1-2-6-7(8-3-1)9-4-5-10-6;1-2-6-3-5-9-7(6)8-4-1;1-2-5-9-6-4-8-7(9)3-1;4*1-2/h1,3,5H,2,4,6H2;1-3H,4-5H2,(H,8,9);1-2,4H,3,5H2,(H,8,9);1-3,5H,4,6H2;4*1-2H3. The van der Waals surface area contributed by atoms with Crippen LogP contribution in [0.3, 0.4) is 0 Å². The Kier molecular flexibility index (Phi) is 22.2. The van der Waals surface area contributed by atoms with E-state index in [0.717, 1.165) is 87.9 Å². The van der Waals surface area contributed by atoms with Crippen LogP contribution < -0.4 is 15.4 Å². The first-order valence-electron chi connectivity index (χ1n) is 17.0. The number of aliphatic imine (C=N–C) groups is 3. The van der Waals surface area contributed by atoms with Crippen LogP contribution in [0.2, 0.25) is 0 Å². The van der Waals surface area contributed by atoms with Gasteiger partial charge in [0.25, 0.3) is 0 Å². The number of hydrogen-bond donors (Lipinski definition) is 2. The number of nitrogens with one attached hydrogen (secondary N) is 2. The molecule has 252 valence electrons. The number of aromatic nitrogens is 2. The van der Waals surface area contributed by atoms with Gasteiger partial charge in [0.05, 0.1) is 13.1 Å². The first-order chi connectivity index (χ1) is 22.9. The monoisotopic (exact) mass is 631 g/mol. The molecule has 0 atom stereocenters. The van der Waals surface area contributed by atoms with Crippen molar-refractivity contribution in [3.05, 3.63) is 78.9 Å². The van der Waals surface area contributed by atoms with Crippen LogP contribution in [-0.4, -0.2) is 83.7 Å². The van der Waals surface area contributed by atoms with Crippen molar-refractivity contribution in [2.24, 2.45) is 15.0 Å². The largest absolute Gasteiger partial charge is 0.488 e. The highest BCUT2D eigenvalue weighted by atomic mass is 16.5.